The van der Waals surface area contributed by atoms with Crippen LogP contribution in [0.1, 0.15) is 34.1 Å². The van der Waals surface area contributed by atoms with Gasteiger partial charge in [0.25, 0.3) is 0 Å². The number of hydrogen-bond acceptors (Lipinski definition) is 3. The molecule has 1 saturated heterocycles. The van der Waals surface area contributed by atoms with Gasteiger partial charge in [0.05, 0.1) is 18.5 Å². The minimum atomic E-state index is 0.354. The van der Waals surface area contributed by atoms with Gasteiger partial charge < -0.3 is 10.1 Å². The molecule has 1 rings (SSSR count). The molecule has 0 saturated carbocycles. The van der Waals surface area contributed by atoms with E-state index in [-0.39, 0.29) is 0 Å². The summed E-state index contributed by atoms with van der Waals surface area (Å²) < 4.78 is 5.19. The zero-order valence-corrected chi connectivity index (χ0v) is 11.3. The molecule has 0 spiro atoms. The summed E-state index contributed by atoms with van der Waals surface area (Å²) in [6, 6.07) is 0.614. The van der Waals surface area contributed by atoms with Crippen molar-refractivity contribution in [3.05, 3.63) is 0 Å². The fourth-order valence-electron chi connectivity index (χ4n) is 1.48. The van der Waals surface area contributed by atoms with E-state index in [2.05, 4.69) is 44.8 Å². The minimum Gasteiger partial charge on any atom is -0.379 e. The van der Waals surface area contributed by atoms with Crippen molar-refractivity contribution in [3.8, 4) is 0 Å². The maximum Gasteiger partial charge on any atom is 0.0607 e. The van der Waals surface area contributed by atoms with Crippen LogP contribution in [0.5, 0.6) is 0 Å². The van der Waals surface area contributed by atoms with E-state index < -0.39 is 0 Å². The molecule has 1 aliphatic rings. The summed E-state index contributed by atoms with van der Waals surface area (Å²) in [5.41, 5.74) is 0.354. The number of nitrogens with one attached hydrogen (secondary N) is 1. The third kappa shape index (κ3) is 4.75. The molecule has 0 radical (unpaired) electrons. The summed E-state index contributed by atoms with van der Waals surface area (Å²) in [4.78, 5) is 0. The second kappa shape index (κ2) is 6.12. The Kier molecular flexibility index (Phi) is 5.44. The van der Waals surface area contributed by atoms with Gasteiger partial charge in [-0.2, -0.15) is 11.8 Å². The number of hydrogen-bond donors (Lipinski definition) is 1. The SMILES string of the molecule is CCCNC(CSC1COC1)C(C)(C)C. The fraction of sp³-hybridized carbons (Fsp3) is 1.00. The Bertz CT molecular complexity index is 175. The molecule has 0 aromatic heterocycles. The van der Waals surface area contributed by atoms with Crippen molar-refractivity contribution in [1.82, 2.24) is 5.32 Å². The van der Waals surface area contributed by atoms with Crippen molar-refractivity contribution in [2.45, 2.75) is 45.4 Å². The lowest BCUT2D eigenvalue weighted by molar-refractivity contribution is 0.0454. The standard InChI is InChI=1S/C12H25NOS/c1-5-6-13-11(12(2,3)4)9-15-10-7-14-8-10/h10-11,13H,5-9H2,1-4H3. The summed E-state index contributed by atoms with van der Waals surface area (Å²) in [6.07, 6.45) is 1.21. The van der Waals surface area contributed by atoms with Gasteiger partial charge in [0.15, 0.2) is 0 Å². The molecule has 0 bridgehead atoms. The first-order valence-electron chi connectivity index (χ1n) is 5.96. The van der Waals surface area contributed by atoms with Crippen molar-refractivity contribution in [3.63, 3.8) is 0 Å². The Morgan fingerprint density at radius 1 is 1.40 bits per heavy atom. The molecule has 0 aromatic carbocycles. The van der Waals surface area contributed by atoms with E-state index in [1.165, 1.54) is 12.2 Å². The van der Waals surface area contributed by atoms with E-state index in [0.717, 1.165) is 25.0 Å². The third-order valence-electron chi connectivity index (χ3n) is 2.79. The zero-order valence-electron chi connectivity index (χ0n) is 10.5. The lowest BCUT2D eigenvalue weighted by Gasteiger charge is -2.34. The van der Waals surface area contributed by atoms with Gasteiger partial charge in [0, 0.05) is 11.8 Å². The molecule has 0 aliphatic carbocycles. The Balaban J connectivity index is 2.27. The lowest BCUT2D eigenvalue weighted by Crippen LogP contribution is -2.44. The summed E-state index contributed by atoms with van der Waals surface area (Å²) in [7, 11) is 0. The summed E-state index contributed by atoms with van der Waals surface area (Å²) in [5.74, 6) is 1.21. The van der Waals surface area contributed by atoms with Crippen molar-refractivity contribution >= 4 is 11.8 Å². The predicted octanol–water partition coefficient (Wildman–Crippen LogP) is 2.53. The van der Waals surface area contributed by atoms with Crippen LogP contribution in [-0.4, -0.2) is 36.8 Å². The Morgan fingerprint density at radius 2 is 2.07 bits per heavy atom. The predicted molar refractivity (Wildman–Crippen MR) is 68.6 cm³/mol. The van der Waals surface area contributed by atoms with Gasteiger partial charge in [0.1, 0.15) is 0 Å². The maximum absolute atomic E-state index is 5.19. The van der Waals surface area contributed by atoms with Gasteiger partial charge >= 0.3 is 0 Å². The van der Waals surface area contributed by atoms with E-state index in [0.29, 0.717) is 11.5 Å². The number of rotatable bonds is 6. The van der Waals surface area contributed by atoms with Crippen molar-refractivity contribution in [2.24, 2.45) is 5.41 Å². The van der Waals surface area contributed by atoms with E-state index in [9.17, 15) is 0 Å². The van der Waals surface area contributed by atoms with Crippen LogP contribution in [0.3, 0.4) is 0 Å². The Morgan fingerprint density at radius 3 is 2.47 bits per heavy atom. The molecule has 15 heavy (non-hydrogen) atoms. The van der Waals surface area contributed by atoms with Crippen molar-refractivity contribution in [1.29, 1.82) is 0 Å². The quantitative estimate of drug-likeness (QED) is 0.759. The van der Waals surface area contributed by atoms with E-state index in [1.54, 1.807) is 0 Å². The molecule has 0 aromatic rings. The van der Waals surface area contributed by atoms with Crippen LogP contribution in [0.15, 0.2) is 0 Å². The van der Waals surface area contributed by atoms with Crippen LogP contribution in [0.25, 0.3) is 0 Å². The highest BCUT2D eigenvalue weighted by molar-refractivity contribution is 8.00. The smallest absolute Gasteiger partial charge is 0.0607 e. The van der Waals surface area contributed by atoms with Crippen molar-refractivity contribution in [2.75, 3.05) is 25.5 Å². The molecule has 0 amide bonds. The van der Waals surface area contributed by atoms with E-state index >= 15 is 0 Å². The highest BCUT2D eigenvalue weighted by atomic mass is 32.2. The molecule has 1 N–H and O–H groups in total. The van der Waals surface area contributed by atoms with Crippen molar-refractivity contribution < 1.29 is 4.74 Å². The first-order chi connectivity index (χ1) is 7.04. The lowest BCUT2D eigenvalue weighted by atomic mass is 9.88. The zero-order chi connectivity index (χ0) is 11.3. The molecular formula is C12H25NOS. The van der Waals surface area contributed by atoms with Crippen LogP contribution in [0, 0.1) is 5.41 Å². The third-order valence-corrected chi connectivity index (χ3v) is 4.06. The van der Waals surface area contributed by atoms with Crippen LogP contribution in [-0.2, 0) is 4.74 Å². The molecule has 1 fully saturated rings. The first-order valence-corrected chi connectivity index (χ1v) is 7.01. The van der Waals surface area contributed by atoms with Crippen LogP contribution >= 0.6 is 11.8 Å². The number of ether oxygens (including phenoxy) is 1. The maximum atomic E-state index is 5.19. The summed E-state index contributed by atoms with van der Waals surface area (Å²) in [5, 5.41) is 4.40. The second-order valence-corrected chi connectivity index (χ2v) is 6.70. The van der Waals surface area contributed by atoms with Crippen LogP contribution in [0.2, 0.25) is 0 Å². The average molecular weight is 231 g/mol. The monoisotopic (exact) mass is 231 g/mol. The molecule has 2 nitrogen and oxygen atoms in total. The minimum absolute atomic E-state index is 0.354. The van der Waals surface area contributed by atoms with E-state index in [4.69, 9.17) is 4.74 Å². The molecular weight excluding hydrogens is 206 g/mol. The van der Waals surface area contributed by atoms with E-state index in [1.807, 2.05) is 0 Å². The molecule has 1 unspecified atom stereocenters. The highest BCUT2D eigenvalue weighted by Crippen LogP contribution is 2.26. The molecule has 1 aliphatic heterocycles. The summed E-state index contributed by atoms with van der Waals surface area (Å²) in [6.45, 7) is 12.2. The van der Waals surface area contributed by atoms with Gasteiger partial charge in [-0.3, -0.25) is 0 Å². The number of thioether (sulfide) groups is 1. The highest BCUT2D eigenvalue weighted by Gasteiger charge is 2.27. The Labute approximate surface area is 98.5 Å². The van der Waals surface area contributed by atoms with Crippen LogP contribution < -0.4 is 5.32 Å². The fourth-order valence-corrected chi connectivity index (χ4v) is 2.94. The normalized spacial score (nSPS) is 20.0. The topological polar surface area (TPSA) is 21.3 Å². The van der Waals surface area contributed by atoms with Gasteiger partial charge in [-0.25, -0.2) is 0 Å². The summed E-state index contributed by atoms with van der Waals surface area (Å²) >= 11 is 2.06. The van der Waals surface area contributed by atoms with Gasteiger partial charge in [-0.05, 0) is 18.4 Å². The second-order valence-electron chi connectivity index (χ2n) is 5.37. The van der Waals surface area contributed by atoms with Gasteiger partial charge in [0.2, 0.25) is 0 Å². The average Bonchev–Trinajstić information content (AvgIpc) is 2.05. The molecule has 3 heteroatoms. The molecule has 90 valence electrons. The van der Waals surface area contributed by atoms with Gasteiger partial charge in [-0.1, -0.05) is 27.7 Å². The molecule has 1 heterocycles. The van der Waals surface area contributed by atoms with Gasteiger partial charge in [-0.15, -0.1) is 0 Å². The largest absolute Gasteiger partial charge is 0.379 e. The first kappa shape index (κ1) is 13.3. The van der Waals surface area contributed by atoms with Crippen LogP contribution in [0.4, 0.5) is 0 Å². The Hall–Kier alpha value is 0.270. The molecule has 1 atom stereocenters.